The minimum Gasteiger partial charge on any atom is -0.378 e. The fourth-order valence-corrected chi connectivity index (χ4v) is 2.31. The first-order valence-corrected chi connectivity index (χ1v) is 7.32. The van der Waals surface area contributed by atoms with Gasteiger partial charge >= 0.3 is 0 Å². The number of nitrogens with one attached hydrogen (secondary N) is 1. The predicted molar refractivity (Wildman–Crippen MR) is 83.9 cm³/mol. The number of halogens is 2. The van der Waals surface area contributed by atoms with Crippen LogP contribution in [0, 0.1) is 5.82 Å². The Morgan fingerprint density at radius 3 is 2.35 bits per heavy atom. The molecule has 1 unspecified atom stereocenters. The second kappa shape index (κ2) is 6.76. The Balaban J connectivity index is 2.16. The lowest BCUT2D eigenvalue weighted by Crippen LogP contribution is -2.09. The van der Waals surface area contributed by atoms with Crippen LogP contribution in [0.25, 0.3) is 0 Å². The third kappa shape index (κ3) is 3.51. The molecule has 3 heteroatoms. The smallest absolute Gasteiger partial charge is 0.143 e. The molecular weight excluding hydrogens is 273 g/mol. The Hall–Kier alpha value is -1.54. The fraction of sp³-hybridized carbons (Fsp3) is 0.294. The second-order valence-corrected chi connectivity index (χ2v) is 5.24. The normalized spacial score (nSPS) is 12.2. The fourth-order valence-electron chi connectivity index (χ4n) is 2.19. The predicted octanol–water partition coefficient (Wildman–Crippen LogP) is 5.60. The molecular formula is C17H19ClFN. The van der Waals surface area contributed by atoms with Crippen molar-refractivity contribution in [3.05, 3.63) is 64.4 Å². The highest BCUT2D eigenvalue weighted by Crippen LogP contribution is 2.25. The van der Waals surface area contributed by atoms with Gasteiger partial charge in [-0.05, 0) is 42.2 Å². The highest BCUT2D eigenvalue weighted by atomic mass is 35.5. The summed E-state index contributed by atoms with van der Waals surface area (Å²) >= 11 is 5.70. The van der Waals surface area contributed by atoms with Crippen LogP contribution < -0.4 is 5.32 Å². The van der Waals surface area contributed by atoms with E-state index in [-0.39, 0.29) is 11.1 Å². The van der Waals surface area contributed by atoms with E-state index in [1.54, 1.807) is 12.1 Å². The van der Waals surface area contributed by atoms with Gasteiger partial charge in [0.2, 0.25) is 0 Å². The lowest BCUT2D eigenvalue weighted by atomic mass is 10.0. The molecule has 20 heavy (non-hydrogen) atoms. The first-order chi connectivity index (χ1) is 9.63. The summed E-state index contributed by atoms with van der Waals surface area (Å²) in [6.07, 6.45) is 1.96. The molecule has 0 aromatic heterocycles. The number of hydrogen-bond donors (Lipinski definition) is 1. The first-order valence-electron chi connectivity index (χ1n) is 6.94. The molecule has 1 atom stereocenters. The van der Waals surface area contributed by atoms with Crippen molar-refractivity contribution in [3.63, 3.8) is 0 Å². The molecule has 2 rings (SSSR count). The van der Waals surface area contributed by atoms with Crippen molar-refractivity contribution in [3.8, 4) is 0 Å². The van der Waals surface area contributed by atoms with E-state index in [4.69, 9.17) is 11.6 Å². The summed E-state index contributed by atoms with van der Waals surface area (Å²) in [7, 11) is 0. The zero-order chi connectivity index (χ0) is 14.5. The van der Waals surface area contributed by atoms with Gasteiger partial charge in [0.25, 0.3) is 0 Å². The maximum absolute atomic E-state index is 13.5. The minimum atomic E-state index is -0.396. The zero-order valence-corrected chi connectivity index (χ0v) is 12.5. The molecule has 106 valence electrons. The summed E-state index contributed by atoms with van der Waals surface area (Å²) in [6.45, 7) is 4.25. The molecule has 0 saturated carbocycles. The summed E-state index contributed by atoms with van der Waals surface area (Å²) in [5, 5.41) is 3.50. The van der Waals surface area contributed by atoms with Crippen molar-refractivity contribution in [2.75, 3.05) is 5.32 Å². The van der Waals surface area contributed by atoms with Crippen LogP contribution in [0.4, 0.5) is 10.1 Å². The molecule has 0 heterocycles. The molecule has 0 bridgehead atoms. The van der Waals surface area contributed by atoms with Gasteiger partial charge in [-0.3, -0.25) is 0 Å². The van der Waals surface area contributed by atoms with Crippen LogP contribution in [0.1, 0.15) is 37.4 Å². The van der Waals surface area contributed by atoms with Crippen molar-refractivity contribution in [2.45, 2.75) is 32.7 Å². The van der Waals surface area contributed by atoms with E-state index in [9.17, 15) is 4.39 Å². The Bertz CT molecular complexity index is 566. The number of benzene rings is 2. The third-order valence-electron chi connectivity index (χ3n) is 3.46. The van der Waals surface area contributed by atoms with Gasteiger partial charge in [-0.1, -0.05) is 49.7 Å². The Labute approximate surface area is 124 Å². The standard InChI is InChI=1S/C17H19ClFN/c1-3-12-5-7-13(8-6-12)17(4-2)20-14-9-10-15(18)16(19)11-14/h5-11,17,20H,3-4H2,1-2H3. The van der Waals surface area contributed by atoms with Gasteiger partial charge in [-0.2, -0.15) is 0 Å². The van der Waals surface area contributed by atoms with E-state index in [1.165, 1.54) is 17.2 Å². The average Bonchev–Trinajstić information content (AvgIpc) is 2.48. The molecule has 0 spiro atoms. The second-order valence-electron chi connectivity index (χ2n) is 4.83. The molecule has 2 aromatic carbocycles. The molecule has 0 radical (unpaired) electrons. The zero-order valence-electron chi connectivity index (χ0n) is 11.8. The van der Waals surface area contributed by atoms with Crippen molar-refractivity contribution in [2.24, 2.45) is 0 Å². The Morgan fingerprint density at radius 1 is 1.10 bits per heavy atom. The maximum Gasteiger partial charge on any atom is 0.143 e. The summed E-state index contributed by atoms with van der Waals surface area (Å²) in [5.41, 5.74) is 3.28. The van der Waals surface area contributed by atoms with Crippen molar-refractivity contribution >= 4 is 17.3 Å². The van der Waals surface area contributed by atoms with Crippen LogP contribution in [0.15, 0.2) is 42.5 Å². The van der Waals surface area contributed by atoms with Crippen LogP contribution in [-0.2, 0) is 6.42 Å². The van der Waals surface area contributed by atoms with Gasteiger partial charge in [0.05, 0.1) is 11.1 Å². The van der Waals surface area contributed by atoms with Gasteiger partial charge in [0.15, 0.2) is 0 Å². The molecule has 1 nitrogen and oxygen atoms in total. The molecule has 0 saturated heterocycles. The van der Waals surface area contributed by atoms with Crippen LogP contribution >= 0.6 is 11.6 Å². The van der Waals surface area contributed by atoms with Crippen molar-refractivity contribution < 1.29 is 4.39 Å². The lowest BCUT2D eigenvalue weighted by Gasteiger charge is -2.19. The summed E-state index contributed by atoms with van der Waals surface area (Å²) in [6, 6.07) is 13.5. The van der Waals surface area contributed by atoms with Crippen molar-refractivity contribution in [1.29, 1.82) is 0 Å². The van der Waals surface area contributed by atoms with E-state index < -0.39 is 5.82 Å². The van der Waals surface area contributed by atoms with E-state index in [1.807, 2.05) is 0 Å². The van der Waals surface area contributed by atoms with Crippen LogP contribution in [-0.4, -0.2) is 0 Å². The Morgan fingerprint density at radius 2 is 1.80 bits per heavy atom. The molecule has 2 aromatic rings. The van der Waals surface area contributed by atoms with E-state index in [0.717, 1.165) is 18.5 Å². The number of aryl methyl sites for hydroxylation is 1. The van der Waals surface area contributed by atoms with Crippen LogP contribution in [0.2, 0.25) is 5.02 Å². The van der Waals surface area contributed by atoms with Crippen molar-refractivity contribution in [1.82, 2.24) is 0 Å². The lowest BCUT2D eigenvalue weighted by molar-refractivity contribution is 0.628. The monoisotopic (exact) mass is 291 g/mol. The first kappa shape index (κ1) is 14.9. The van der Waals surface area contributed by atoms with Gasteiger partial charge in [0, 0.05) is 5.69 Å². The number of rotatable bonds is 5. The SMILES string of the molecule is CCc1ccc(C(CC)Nc2ccc(Cl)c(F)c2)cc1. The molecule has 0 aliphatic carbocycles. The van der Waals surface area contributed by atoms with E-state index in [0.29, 0.717) is 0 Å². The number of hydrogen-bond acceptors (Lipinski definition) is 1. The summed E-state index contributed by atoms with van der Waals surface area (Å²) in [5.74, 6) is -0.396. The van der Waals surface area contributed by atoms with Crippen LogP contribution in [0.3, 0.4) is 0 Å². The molecule has 1 N–H and O–H groups in total. The highest BCUT2D eigenvalue weighted by molar-refractivity contribution is 6.30. The highest BCUT2D eigenvalue weighted by Gasteiger charge is 2.10. The van der Waals surface area contributed by atoms with Gasteiger partial charge in [-0.15, -0.1) is 0 Å². The average molecular weight is 292 g/mol. The molecule has 0 amide bonds. The largest absolute Gasteiger partial charge is 0.378 e. The molecule has 0 aliphatic rings. The number of anilines is 1. The van der Waals surface area contributed by atoms with Gasteiger partial charge < -0.3 is 5.32 Å². The van der Waals surface area contributed by atoms with Crippen LogP contribution in [0.5, 0.6) is 0 Å². The Kier molecular flexibility index (Phi) is 5.02. The molecule has 0 fully saturated rings. The third-order valence-corrected chi connectivity index (χ3v) is 3.77. The van der Waals surface area contributed by atoms with Gasteiger partial charge in [-0.25, -0.2) is 4.39 Å². The minimum absolute atomic E-state index is 0.149. The quantitative estimate of drug-likeness (QED) is 0.755. The topological polar surface area (TPSA) is 12.0 Å². The van der Waals surface area contributed by atoms with Gasteiger partial charge in [0.1, 0.15) is 5.82 Å². The molecule has 0 aliphatic heterocycles. The summed E-state index contributed by atoms with van der Waals surface area (Å²) in [4.78, 5) is 0. The van der Waals surface area contributed by atoms with E-state index in [2.05, 4.69) is 43.4 Å². The van der Waals surface area contributed by atoms with E-state index >= 15 is 0 Å². The maximum atomic E-state index is 13.5. The summed E-state index contributed by atoms with van der Waals surface area (Å²) < 4.78 is 13.5.